The number of carbonyl (C=O) groups is 2. The number of thioether (sulfide) groups is 2. The van der Waals surface area contributed by atoms with Crippen LogP contribution in [-0.2, 0) is 19.1 Å². The fourth-order valence-electron chi connectivity index (χ4n) is 2.02. The Morgan fingerprint density at radius 3 is 2.38 bits per heavy atom. The van der Waals surface area contributed by atoms with Crippen molar-refractivity contribution >= 4 is 35.5 Å². The maximum atomic E-state index is 11.7. The molecule has 6 heteroatoms. The highest BCUT2D eigenvalue weighted by Gasteiger charge is 2.27. The van der Waals surface area contributed by atoms with Crippen LogP contribution in [0.5, 0.6) is 0 Å². The first-order valence-corrected chi connectivity index (χ1v) is 9.50. The van der Waals surface area contributed by atoms with E-state index in [9.17, 15) is 9.59 Å². The van der Waals surface area contributed by atoms with E-state index >= 15 is 0 Å². The van der Waals surface area contributed by atoms with Gasteiger partial charge in [0.15, 0.2) is 0 Å². The largest absolute Gasteiger partial charge is 0.460 e. The molecule has 0 N–H and O–H groups in total. The fourth-order valence-corrected chi connectivity index (χ4v) is 5.07. The Morgan fingerprint density at radius 2 is 1.86 bits per heavy atom. The maximum Gasteiger partial charge on any atom is 0.306 e. The molecule has 1 saturated heterocycles. The van der Waals surface area contributed by atoms with Crippen molar-refractivity contribution in [3.05, 3.63) is 0 Å². The van der Waals surface area contributed by atoms with E-state index in [1.165, 1.54) is 13.3 Å². The first-order valence-electron chi connectivity index (χ1n) is 7.40. The first-order chi connectivity index (χ1) is 9.78. The van der Waals surface area contributed by atoms with Crippen LogP contribution in [0.2, 0.25) is 0 Å². The third kappa shape index (κ3) is 8.61. The highest BCUT2D eigenvalue weighted by atomic mass is 32.2. The average Bonchev–Trinajstić information content (AvgIpc) is 2.36. The Bertz CT molecular complexity index is 346. The summed E-state index contributed by atoms with van der Waals surface area (Å²) in [7, 11) is 0. The standard InChI is InChI=1S/C15H26O4S2/c1-11(16)18-12(14-20-9-6-10-21-14)7-5-8-13(17)19-15(2,3)4/h12,14H,5-10H2,1-4H3. The lowest BCUT2D eigenvalue weighted by atomic mass is 10.1. The van der Waals surface area contributed by atoms with E-state index in [4.69, 9.17) is 9.47 Å². The van der Waals surface area contributed by atoms with Gasteiger partial charge in [-0.2, -0.15) is 0 Å². The lowest BCUT2D eigenvalue weighted by Crippen LogP contribution is -2.29. The Kier molecular flexibility index (Phi) is 7.95. The molecular weight excluding hydrogens is 308 g/mol. The van der Waals surface area contributed by atoms with E-state index in [1.54, 1.807) is 0 Å². The van der Waals surface area contributed by atoms with Crippen molar-refractivity contribution in [3.8, 4) is 0 Å². The summed E-state index contributed by atoms with van der Waals surface area (Å²) in [6, 6.07) is 0. The van der Waals surface area contributed by atoms with E-state index in [-0.39, 0.29) is 18.0 Å². The normalized spacial score (nSPS) is 18.1. The van der Waals surface area contributed by atoms with Crippen molar-refractivity contribution < 1.29 is 19.1 Å². The third-order valence-corrected chi connectivity index (χ3v) is 5.89. The number of rotatable bonds is 6. The molecule has 1 rings (SSSR count). The number of carbonyl (C=O) groups excluding carboxylic acids is 2. The van der Waals surface area contributed by atoms with Crippen LogP contribution in [0, 0.1) is 0 Å². The number of hydrogen-bond acceptors (Lipinski definition) is 6. The van der Waals surface area contributed by atoms with E-state index in [0.717, 1.165) is 11.5 Å². The fraction of sp³-hybridized carbons (Fsp3) is 0.867. The summed E-state index contributed by atoms with van der Waals surface area (Å²) in [5, 5.41) is 0. The molecule has 4 nitrogen and oxygen atoms in total. The molecule has 1 atom stereocenters. The molecule has 1 aliphatic rings. The van der Waals surface area contributed by atoms with Gasteiger partial charge in [-0.25, -0.2) is 0 Å². The quantitative estimate of drug-likeness (QED) is 0.692. The van der Waals surface area contributed by atoms with Crippen molar-refractivity contribution in [2.45, 2.75) is 69.7 Å². The van der Waals surface area contributed by atoms with Gasteiger partial charge in [-0.1, -0.05) is 0 Å². The van der Waals surface area contributed by atoms with Gasteiger partial charge in [0.2, 0.25) is 0 Å². The SMILES string of the molecule is CC(=O)OC(CCCC(=O)OC(C)(C)C)C1SCCCS1. The Labute approximate surface area is 136 Å². The monoisotopic (exact) mass is 334 g/mol. The molecule has 21 heavy (non-hydrogen) atoms. The maximum absolute atomic E-state index is 11.7. The van der Waals surface area contributed by atoms with Crippen LogP contribution in [0.15, 0.2) is 0 Å². The predicted molar refractivity (Wildman–Crippen MR) is 88.6 cm³/mol. The lowest BCUT2D eigenvalue weighted by Gasteiger charge is -2.28. The molecule has 0 aromatic rings. The highest BCUT2D eigenvalue weighted by Crippen LogP contribution is 2.36. The van der Waals surface area contributed by atoms with Gasteiger partial charge in [0, 0.05) is 13.3 Å². The molecule has 0 amide bonds. The van der Waals surface area contributed by atoms with Gasteiger partial charge in [0.25, 0.3) is 0 Å². The van der Waals surface area contributed by atoms with Gasteiger partial charge >= 0.3 is 11.9 Å². The molecule has 0 aromatic heterocycles. The van der Waals surface area contributed by atoms with E-state index in [1.807, 2.05) is 44.3 Å². The lowest BCUT2D eigenvalue weighted by molar-refractivity contribution is -0.155. The van der Waals surface area contributed by atoms with E-state index in [0.29, 0.717) is 23.8 Å². The average molecular weight is 335 g/mol. The van der Waals surface area contributed by atoms with Crippen LogP contribution in [0.25, 0.3) is 0 Å². The van der Waals surface area contributed by atoms with Crippen LogP contribution in [0.3, 0.4) is 0 Å². The summed E-state index contributed by atoms with van der Waals surface area (Å²) in [6.07, 6.45) is 2.86. The number of ether oxygens (including phenoxy) is 2. The molecule has 0 saturated carbocycles. The molecule has 122 valence electrons. The Morgan fingerprint density at radius 1 is 1.24 bits per heavy atom. The van der Waals surface area contributed by atoms with Crippen molar-refractivity contribution in [2.75, 3.05) is 11.5 Å². The zero-order valence-electron chi connectivity index (χ0n) is 13.3. The summed E-state index contributed by atoms with van der Waals surface area (Å²) in [5.41, 5.74) is -0.443. The van der Waals surface area contributed by atoms with Crippen LogP contribution in [0.1, 0.15) is 53.4 Å². The van der Waals surface area contributed by atoms with Gasteiger partial charge in [0.1, 0.15) is 11.7 Å². The second-order valence-electron chi connectivity index (χ2n) is 6.09. The van der Waals surface area contributed by atoms with Crippen LogP contribution >= 0.6 is 23.5 Å². The molecule has 1 heterocycles. The molecule has 1 aliphatic heterocycles. The molecule has 0 aliphatic carbocycles. The van der Waals surface area contributed by atoms with Crippen LogP contribution in [0.4, 0.5) is 0 Å². The Balaban J connectivity index is 2.38. The van der Waals surface area contributed by atoms with Crippen molar-refractivity contribution in [3.63, 3.8) is 0 Å². The first kappa shape index (κ1) is 18.7. The zero-order valence-corrected chi connectivity index (χ0v) is 15.0. The van der Waals surface area contributed by atoms with Crippen LogP contribution in [-0.4, -0.2) is 39.7 Å². The second-order valence-corrected chi connectivity index (χ2v) is 8.89. The van der Waals surface area contributed by atoms with Crippen LogP contribution < -0.4 is 0 Å². The molecule has 0 radical (unpaired) electrons. The van der Waals surface area contributed by atoms with Gasteiger partial charge in [-0.3, -0.25) is 9.59 Å². The molecule has 0 spiro atoms. The summed E-state index contributed by atoms with van der Waals surface area (Å²) < 4.78 is 11.0. The van der Waals surface area contributed by atoms with Gasteiger partial charge < -0.3 is 9.47 Å². The van der Waals surface area contributed by atoms with Gasteiger partial charge in [-0.15, -0.1) is 23.5 Å². The summed E-state index contributed by atoms with van der Waals surface area (Å²) in [6.45, 7) is 7.03. The second kappa shape index (κ2) is 8.93. The van der Waals surface area contributed by atoms with Crippen molar-refractivity contribution in [1.82, 2.24) is 0 Å². The molecular formula is C15H26O4S2. The highest BCUT2D eigenvalue weighted by molar-refractivity contribution is 8.17. The van der Waals surface area contributed by atoms with Gasteiger partial charge in [0.05, 0.1) is 4.58 Å². The predicted octanol–water partition coefficient (Wildman–Crippen LogP) is 3.63. The third-order valence-electron chi connectivity index (χ3n) is 2.76. The summed E-state index contributed by atoms with van der Waals surface area (Å²) in [5.74, 6) is 1.79. The van der Waals surface area contributed by atoms with Gasteiger partial charge in [-0.05, 0) is 51.5 Å². The number of hydrogen-bond donors (Lipinski definition) is 0. The molecule has 1 fully saturated rings. The van der Waals surface area contributed by atoms with E-state index < -0.39 is 5.60 Å². The summed E-state index contributed by atoms with van der Waals surface area (Å²) >= 11 is 3.70. The molecule has 0 bridgehead atoms. The zero-order chi connectivity index (χ0) is 15.9. The minimum Gasteiger partial charge on any atom is -0.460 e. The topological polar surface area (TPSA) is 52.6 Å². The van der Waals surface area contributed by atoms with Crippen molar-refractivity contribution in [2.24, 2.45) is 0 Å². The summed E-state index contributed by atoms with van der Waals surface area (Å²) in [4.78, 5) is 22.9. The minimum absolute atomic E-state index is 0.111. The smallest absolute Gasteiger partial charge is 0.306 e. The molecule has 1 unspecified atom stereocenters. The van der Waals surface area contributed by atoms with E-state index in [2.05, 4.69) is 0 Å². The Hall–Kier alpha value is -0.360. The number of esters is 2. The molecule has 0 aromatic carbocycles. The van der Waals surface area contributed by atoms with Crippen molar-refractivity contribution in [1.29, 1.82) is 0 Å². The minimum atomic E-state index is -0.443.